The van der Waals surface area contributed by atoms with Gasteiger partial charge >= 0.3 is 0 Å². The molecule has 0 N–H and O–H groups in total. The average Bonchev–Trinajstić information content (AvgIpc) is 3.04. The van der Waals surface area contributed by atoms with Crippen LogP contribution in [0, 0.1) is 0 Å². The first-order valence-electron chi connectivity index (χ1n) is 7.72. The number of hydrogen-bond donors (Lipinski definition) is 0. The van der Waals surface area contributed by atoms with Gasteiger partial charge in [-0.2, -0.15) is 0 Å². The summed E-state index contributed by atoms with van der Waals surface area (Å²) in [5, 5.41) is 1.31. The highest BCUT2D eigenvalue weighted by Gasteiger charge is 2.19. The number of rotatable bonds is 3. The molecule has 0 aliphatic carbocycles. The molecule has 1 aliphatic heterocycles. The Hall–Kier alpha value is -1.35. The van der Waals surface area contributed by atoms with Gasteiger partial charge in [0.1, 0.15) is 5.65 Å². The summed E-state index contributed by atoms with van der Waals surface area (Å²) < 4.78 is 2.31. The van der Waals surface area contributed by atoms with Crippen LogP contribution in [-0.2, 0) is 12.0 Å². The molecule has 0 unspecified atom stereocenters. The fourth-order valence-corrected chi connectivity index (χ4v) is 3.18. The third-order valence-corrected chi connectivity index (χ3v) is 4.33. The van der Waals surface area contributed by atoms with E-state index in [1.807, 2.05) is 6.20 Å². The summed E-state index contributed by atoms with van der Waals surface area (Å²) in [6.45, 7) is 11.5. The molecule has 1 fully saturated rings. The van der Waals surface area contributed by atoms with Gasteiger partial charge in [-0.3, -0.25) is 0 Å². The lowest BCUT2D eigenvalue weighted by Crippen LogP contribution is -2.24. The Balaban J connectivity index is 1.85. The average molecular weight is 271 g/mol. The highest BCUT2D eigenvalue weighted by molar-refractivity contribution is 5.81. The third kappa shape index (κ3) is 2.59. The van der Waals surface area contributed by atoms with Crippen molar-refractivity contribution in [2.75, 3.05) is 19.6 Å². The van der Waals surface area contributed by atoms with E-state index in [-0.39, 0.29) is 5.41 Å². The molecule has 0 radical (unpaired) electrons. The van der Waals surface area contributed by atoms with Gasteiger partial charge in [-0.25, -0.2) is 4.98 Å². The van der Waals surface area contributed by atoms with E-state index in [0.29, 0.717) is 0 Å². The van der Waals surface area contributed by atoms with E-state index in [9.17, 15) is 0 Å². The van der Waals surface area contributed by atoms with Gasteiger partial charge in [-0.1, -0.05) is 20.8 Å². The fraction of sp³-hybridized carbons (Fsp3) is 0.588. The number of fused-ring (bicyclic) bond motifs is 1. The lowest BCUT2D eigenvalue weighted by atomic mass is 9.86. The molecule has 1 saturated heterocycles. The summed E-state index contributed by atoms with van der Waals surface area (Å²) in [5.41, 5.74) is 2.70. The molecule has 0 aromatic carbocycles. The standard InChI is InChI=1S/C17H25N3/c1-17(2,3)15-6-8-18-16-14(15)7-11-20(16)13-12-19-9-4-5-10-19/h6-8,11H,4-5,9-10,12-13H2,1-3H3. The van der Waals surface area contributed by atoms with Crippen molar-refractivity contribution in [1.29, 1.82) is 0 Å². The molecule has 2 aromatic rings. The zero-order valence-corrected chi connectivity index (χ0v) is 12.9. The first-order valence-corrected chi connectivity index (χ1v) is 7.72. The lowest BCUT2D eigenvalue weighted by molar-refractivity contribution is 0.324. The molecule has 2 aromatic heterocycles. The first-order chi connectivity index (χ1) is 9.55. The Morgan fingerprint density at radius 3 is 2.55 bits per heavy atom. The van der Waals surface area contributed by atoms with E-state index in [1.54, 1.807) is 0 Å². The Morgan fingerprint density at radius 2 is 1.85 bits per heavy atom. The molecule has 3 rings (SSSR count). The van der Waals surface area contributed by atoms with Crippen LogP contribution in [0.15, 0.2) is 24.5 Å². The van der Waals surface area contributed by atoms with E-state index >= 15 is 0 Å². The molecule has 0 saturated carbocycles. The number of aromatic nitrogens is 2. The number of likely N-dealkylation sites (tertiary alicyclic amines) is 1. The summed E-state index contributed by atoms with van der Waals surface area (Å²) in [4.78, 5) is 7.16. The monoisotopic (exact) mass is 271 g/mol. The molecule has 3 nitrogen and oxygen atoms in total. The van der Waals surface area contributed by atoms with E-state index in [1.165, 1.54) is 36.9 Å². The summed E-state index contributed by atoms with van der Waals surface area (Å²) in [5.74, 6) is 0. The van der Waals surface area contributed by atoms with E-state index in [0.717, 1.165) is 18.7 Å². The molecule has 0 atom stereocenters. The van der Waals surface area contributed by atoms with Crippen LogP contribution in [0.2, 0.25) is 0 Å². The van der Waals surface area contributed by atoms with E-state index in [2.05, 4.69) is 53.6 Å². The molecule has 0 amide bonds. The summed E-state index contributed by atoms with van der Waals surface area (Å²) >= 11 is 0. The van der Waals surface area contributed by atoms with Crippen molar-refractivity contribution < 1.29 is 0 Å². The smallest absolute Gasteiger partial charge is 0.140 e. The van der Waals surface area contributed by atoms with Gasteiger partial charge in [-0.05, 0) is 49.0 Å². The zero-order valence-electron chi connectivity index (χ0n) is 12.9. The van der Waals surface area contributed by atoms with Crippen LogP contribution >= 0.6 is 0 Å². The minimum absolute atomic E-state index is 0.169. The van der Waals surface area contributed by atoms with Gasteiger partial charge in [0.15, 0.2) is 0 Å². The van der Waals surface area contributed by atoms with Crippen molar-refractivity contribution in [3.8, 4) is 0 Å². The molecular formula is C17H25N3. The maximum absolute atomic E-state index is 4.60. The van der Waals surface area contributed by atoms with E-state index < -0.39 is 0 Å². The van der Waals surface area contributed by atoms with Crippen molar-refractivity contribution >= 4 is 11.0 Å². The quantitative estimate of drug-likeness (QED) is 0.853. The second-order valence-corrected chi connectivity index (χ2v) is 6.90. The lowest BCUT2D eigenvalue weighted by Gasteiger charge is -2.20. The number of nitrogens with zero attached hydrogens (tertiary/aromatic N) is 3. The van der Waals surface area contributed by atoms with Crippen molar-refractivity contribution in [3.63, 3.8) is 0 Å². The third-order valence-electron chi connectivity index (χ3n) is 4.33. The second kappa shape index (κ2) is 5.21. The van der Waals surface area contributed by atoms with Crippen LogP contribution < -0.4 is 0 Å². The Kier molecular flexibility index (Phi) is 3.55. The van der Waals surface area contributed by atoms with Crippen molar-refractivity contribution in [1.82, 2.24) is 14.5 Å². The largest absolute Gasteiger partial charge is 0.331 e. The predicted octanol–water partition coefficient (Wildman–Crippen LogP) is 3.43. The molecular weight excluding hydrogens is 246 g/mol. The van der Waals surface area contributed by atoms with Crippen LogP contribution in [0.25, 0.3) is 11.0 Å². The molecule has 1 aliphatic rings. The minimum atomic E-state index is 0.169. The molecule has 3 heteroatoms. The van der Waals surface area contributed by atoms with Gasteiger partial charge in [0.2, 0.25) is 0 Å². The molecule has 0 bridgehead atoms. The summed E-state index contributed by atoms with van der Waals surface area (Å²) in [6, 6.07) is 4.39. The Bertz CT molecular complexity index is 586. The summed E-state index contributed by atoms with van der Waals surface area (Å²) in [6.07, 6.45) is 6.87. The van der Waals surface area contributed by atoms with Gasteiger partial charge in [0, 0.05) is 30.9 Å². The summed E-state index contributed by atoms with van der Waals surface area (Å²) in [7, 11) is 0. The normalized spacial score (nSPS) is 17.1. The van der Waals surface area contributed by atoms with Crippen LogP contribution in [0.4, 0.5) is 0 Å². The molecule has 20 heavy (non-hydrogen) atoms. The highest BCUT2D eigenvalue weighted by Crippen LogP contribution is 2.29. The number of pyridine rings is 1. The molecule has 3 heterocycles. The molecule has 0 spiro atoms. The minimum Gasteiger partial charge on any atom is -0.331 e. The fourth-order valence-electron chi connectivity index (χ4n) is 3.18. The van der Waals surface area contributed by atoms with Crippen LogP contribution in [0.5, 0.6) is 0 Å². The first kappa shape index (κ1) is 13.6. The van der Waals surface area contributed by atoms with Gasteiger partial charge in [0.25, 0.3) is 0 Å². The maximum atomic E-state index is 4.60. The van der Waals surface area contributed by atoms with Crippen molar-refractivity contribution in [2.45, 2.75) is 45.6 Å². The van der Waals surface area contributed by atoms with Crippen LogP contribution in [-0.4, -0.2) is 34.1 Å². The van der Waals surface area contributed by atoms with Crippen LogP contribution in [0.3, 0.4) is 0 Å². The van der Waals surface area contributed by atoms with Gasteiger partial charge in [0.05, 0.1) is 0 Å². The SMILES string of the molecule is CC(C)(C)c1ccnc2c1ccn2CCN1CCCC1. The van der Waals surface area contributed by atoms with Crippen molar-refractivity contribution in [2.24, 2.45) is 0 Å². The maximum Gasteiger partial charge on any atom is 0.140 e. The van der Waals surface area contributed by atoms with Gasteiger partial charge < -0.3 is 9.47 Å². The molecule has 108 valence electrons. The highest BCUT2D eigenvalue weighted by atomic mass is 15.2. The number of hydrogen-bond acceptors (Lipinski definition) is 2. The van der Waals surface area contributed by atoms with Gasteiger partial charge in [-0.15, -0.1) is 0 Å². The van der Waals surface area contributed by atoms with Crippen LogP contribution in [0.1, 0.15) is 39.2 Å². The topological polar surface area (TPSA) is 21.1 Å². The second-order valence-electron chi connectivity index (χ2n) is 6.90. The predicted molar refractivity (Wildman–Crippen MR) is 84.1 cm³/mol. The Morgan fingerprint density at radius 1 is 1.10 bits per heavy atom. The Labute approximate surface area is 121 Å². The van der Waals surface area contributed by atoms with E-state index in [4.69, 9.17) is 0 Å². The van der Waals surface area contributed by atoms with Crippen molar-refractivity contribution in [3.05, 3.63) is 30.1 Å². The zero-order chi connectivity index (χ0) is 14.2.